The molecule has 0 fully saturated rings. The molecule has 0 aliphatic rings. The Labute approximate surface area is 104 Å². The summed E-state index contributed by atoms with van der Waals surface area (Å²) in [4.78, 5) is 9.33. The fraction of sp³-hybridized carbons (Fsp3) is 0.889. The van der Waals surface area contributed by atoms with Crippen LogP contribution in [0, 0.1) is 0 Å². The molecule has 0 unspecified atom stereocenters. The van der Waals surface area contributed by atoms with E-state index >= 15 is 0 Å². The molecule has 1 atom stereocenters. The van der Waals surface area contributed by atoms with E-state index in [1.165, 1.54) is 0 Å². The molecule has 0 aromatic rings. The van der Waals surface area contributed by atoms with Crippen molar-refractivity contribution in [2.45, 2.75) is 18.3 Å². The molecular formula is C9H22O9. The van der Waals surface area contributed by atoms with Gasteiger partial charge in [-0.25, -0.2) is 0 Å². The SMILES string of the molecule is O=C[C@H](O)CO.OCC(O)CO.OCC(O)CO. The lowest BCUT2D eigenvalue weighted by Gasteiger charge is -1.96. The van der Waals surface area contributed by atoms with E-state index in [4.69, 9.17) is 40.9 Å². The Balaban J connectivity index is -0.000000187. The summed E-state index contributed by atoms with van der Waals surface area (Å²) in [7, 11) is 0. The third kappa shape index (κ3) is 24.5. The number of rotatable bonds is 6. The Morgan fingerprint density at radius 2 is 0.944 bits per heavy atom. The second kappa shape index (κ2) is 18.7. The molecule has 0 aliphatic heterocycles. The standard InChI is InChI=1S/2C3H8O3.C3H6O3/c3*4-1-3(6)2-5/h2*3-6H,1-2H2;1,3,5-6H,2H2/t;;3-/m..0/s1. The number of carbonyl (C=O) groups excluding carboxylic acids is 1. The molecule has 0 radical (unpaired) electrons. The highest BCUT2D eigenvalue weighted by molar-refractivity contribution is 5.55. The maximum atomic E-state index is 9.33. The molecule has 0 saturated carbocycles. The molecule has 0 saturated heterocycles. The zero-order valence-electron chi connectivity index (χ0n) is 9.83. The molecule has 0 spiro atoms. The smallest absolute Gasteiger partial charge is 0.150 e. The van der Waals surface area contributed by atoms with Gasteiger partial charge in [0.2, 0.25) is 0 Å². The van der Waals surface area contributed by atoms with Crippen molar-refractivity contribution in [3.05, 3.63) is 0 Å². The summed E-state index contributed by atoms with van der Waals surface area (Å²) in [6.45, 7) is -1.94. The maximum absolute atomic E-state index is 9.33. The van der Waals surface area contributed by atoms with Crippen LogP contribution in [0.15, 0.2) is 0 Å². The molecule has 0 aromatic carbocycles. The van der Waals surface area contributed by atoms with Crippen LogP contribution < -0.4 is 0 Å². The average Bonchev–Trinajstić information content (AvgIpc) is 2.45. The van der Waals surface area contributed by atoms with Crippen molar-refractivity contribution in [2.75, 3.05) is 33.0 Å². The zero-order chi connectivity index (χ0) is 15.0. The predicted octanol–water partition coefficient (Wildman–Crippen LogP) is -4.80. The minimum Gasteiger partial charge on any atom is -0.394 e. The first-order valence-corrected chi connectivity index (χ1v) is 4.97. The maximum Gasteiger partial charge on any atom is 0.150 e. The third-order valence-electron chi connectivity index (χ3n) is 1.19. The number of aldehydes is 1. The fourth-order valence-corrected chi connectivity index (χ4v) is 0.159. The highest BCUT2D eigenvalue weighted by Crippen LogP contribution is 1.72. The minimum atomic E-state index is -1.19. The Kier molecular flexibility index (Phi) is 23.4. The van der Waals surface area contributed by atoms with Gasteiger partial charge >= 0.3 is 0 Å². The summed E-state index contributed by atoms with van der Waals surface area (Å²) in [6, 6.07) is 0. The summed E-state index contributed by atoms with van der Waals surface area (Å²) in [6.07, 6.45) is -2.82. The van der Waals surface area contributed by atoms with Crippen LogP contribution in [0.25, 0.3) is 0 Å². The summed E-state index contributed by atoms with van der Waals surface area (Å²) in [5.41, 5.74) is 0. The van der Waals surface area contributed by atoms with Crippen LogP contribution in [0.4, 0.5) is 0 Å². The van der Waals surface area contributed by atoms with Crippen molar-refractivity contribution in [1.82, 2.24) is 0 Å². The van der Waals surface area contributed by atoms with Crippen LogP contribution in [-0.4, -0.2) is 98.5 Å². The molecule has 9 nitrogen and oxygen atoms in total. The quantitative estimate of drug-likeness (QED) is 0.220. The Morgan fingerprint density at radius 1 is 0.667 bits per heavy atom. The molecule has 0 rings (SSSR count). The summed E-state index contributed by atoms with van der Waals surface area (Å²) in [5, 5.41) is 63.9. The van der Waals surface area contributed by atoms with Crippen LogP contribution in [0.3, 0.4) is 0 Å². The molecular weight excluding hydrogens is 252 g/mol. The van der Waals surface area contributed by atoms with Crippen molar-refractivity contribution < 1.29 is 45.6 Å². The summed E-state index contributed by atoms with van der Waals surface area (Å²) < 4.78 is 0. The predicted molar refractivity (Wildman–Crippen MR) is 59.5 cm³/mol. The van der Waals surface area contributed by atoms with Gasteiger partial charge in [-0.2, -0.15) is 0 Å². The van der Waals surface area contributed by atoms with E-state index in [0.717, 1.165) is 0 Å². The van der Waals surface area contributed by atoms with E-state index < -0.39 is 24.9 Å². The summed E-state index contributed by atoms with van der Waals surface area (Å²) >= 11 is 0. The second-order valence-corrected chi connectivity index (χ2v) is 2.92. The molecule has 0 amide bonds. The summed E-state index contributed by atoms with van der Waals surface area (Å²) in [5.74, 6) is 0. The second-order valence-electron chi connectivity index (χ2n) is 2.92. The average molecular weight is 274 g/mol. The first-order chi connectivity index (χ1) is 8.42. The zero-order valence-corrected chi connectivity index (χ0v) is 9.83. The Morgan fingerprint density at radius 3 is 0.944 bits per heavy atom. The number of aliphatic hydroxyl groups excluding tert-OH is 8. The Hall–Kier alpha value is -0.650. The monoisotopic (exact) mass is 274 g/mol. The van der Waals surface area contributed by atoms with Crippen molar-refractivity contribution in [2.24, 2.45) is 0 Å². The number of carbonyl (C=O) groups is 1. The lowest BCUT2D eigenvalue weighted by molar-refractivity contribution is -0.116. The van der Waals surface area contributed by atoms with E-state index in [-0.39, 0.29) is 32.7 Å². The van der Waals surface area contributed by atoms with Gasteiger partial charge in [0.05, 0.1) is 33.0 Å². The van der Waals surface area contributed by atoms with Crippen LogP contribution in [0.2, 0.25) is 0 Å². The van der Waals surface area contributed by atoms with E-state index in [1.54, 1.807) is 0 Å². The van der Waals surface area contributed by atoms with Crippen molar-refractivity contribution in [3.63, 3.8) is 0 Å². The van der Waals surface area contributed by atoms with Gasteiger partial charge in [-0.15, -0.1) is 0 Å². The third-order valence-corrected chi connectivity index (χ3v) is 1.19. The van der Waals surface area contributed by atoms with Crippen LogP contribution in [0.1, 0.15) is 0 Å². The fourth-order valence-electron chi connectivity index (χ4n) is 0.159. The Bertz CT molecular complexity index is 137. The van der Waals surface area contributed by atoms with Crippen LogP contribution in [-0.2, 0) is 4.79 Å². The van der Waals surface area contributed by atoms with E-state index in [0.29, 0.717) is 0 Å². The molecule has 8 N–H and O–H groups in total. The van der Waals surface area contributed by atoms with E-state index in [1.807, 2.05) is 0 Å². The van der Waals surface area contributed by atoms with Crippen molar-refractivity contribution >= 4 is 6.29 Å². The van der Waals surface area contributed by atoms with Gasteiger partial charge in [0.1, 0.15) is 18.3 Å². The molecule has 9 heteroatoms. The number of hydrogen-bond acceptors (Lipinski definition) is 9. The highest BCUT2D eigenvalue weighted by Gasteiger charge is 1.94. The first kappa shape index (κ1) is 22.5. The van der Waals surface area contributed by atoms with Gasteiger partial charge < -0.3 is 45.6 Å². The molecule has 0 heterocycles. The van der Waals surface area contributed by atoms with Crippen LogP contribution in [0.5, 0.6) is 0 Å². The van der Waals surface area contributed by atoms with Gasteiger partial charge in [0.25, 0.3) is 0 Å². The van der Waals surface area contributed by atoms with Gasteiger partial charge in [-0.05, 0) is 0 Å². The van der Waals surface area contributed by atoms with Crippen molar-refractivity contribution in [3.8, 4) is 0 Å². The largest absolute Gasteiger partial charge is 0.394 e. The lowest BCUT2D eigenvalue weighted by Crippen LogP contribution is -2.15. The normalized spacial score (nSPS) is 11.2. The molecule has 0 aromatic heterocycles. The van der Waals surface area contributed by atoms with E-state index in [9.17, 15) is 4.79 Å². The minimum absolute atomic E-state index is 0.278. The lowest BCUT2D eigenvalue weighted by atomic mass is 10.4. The molecule has 18 heavy (non-hydrogen) atoms. The van der Waals surface area contributed by atoms with Crippen LogP contribution >= 0.6 is 0 Å². The van der Waals surface area contributed by atoms with Gasteiger partial charge in [-0.3, -0.25) is 0 Å². The number of hydrogen-bond donors (Lipinski definition) is 8. The molecule has 0 bridgehead atoms. The van der Waals surface area contributed by atoms with Gasteiger partial charge in [0.15, 0.2) is 6.29 Å². The van der Waals surface area contributed by atoms with Crippen molar-refractivity contribution in [1.29, 1.82) is 0 Å². The topological polar surface area (TPSA) is 179 Å². The number of aliphatic hydroxyl groups is 8. The highest BCUT2D eigenvalue weighted by atomic mass is 16.4. The first-order valence-electron chi connectivity index (χ1n) is 4.97. The van der Waals surface area contributed by atoms with E-state index in [2.05, 4.69) is 0 Å². The molecule has 0 aliphatic carbocycles. The van der Waals surface area contributed by atoms with Gasteiger partial charge in [-0.1, -0.05) is 0 Å². The molecule has 112 valence electrons. The van der Waals surface area contributed by atoms with Gasteiger partial charge in [0, 0.05) is 0 Å².